The van der Waals surface area contributed by atoms with E-state index in [9.17, 15) is 10.1 Å². The lowest BCUT2D eigenvalue weighted by Gasteiger charge is -2.27. The van der Waals surface area contributed by atoms with Crippen LogP contribution in [0.15, 0.2) is 48.3 Å². The van der Waals surface area contributed by atoms with Crippen LogP contribution in [0.5, 0.6) is 5.75 Å². The lowest BCUT2D eigenvalue weighted by Crippen LogP contribution is -2.35. The second-order valence-corrected chi connectivity index (χ2v) is 8.23. The van der Waals surface area contributed by atoms with Crippen LogP contribution in [0, 0.1) is 11.3 Å². The Morgan fingerprint density at radius 3 is 2.75 bits per heavy atom. The molecule has 8 heteroatoms. The van der Waals surface area contributed by atoms with Crippen molar-refractivity contribution in [1.29, 1.82) is 5.26 Å². The maximum absolute atomic E-state index is 13.2. The van der Waals surface area contributed by atoms with Crippen molar-refractivity contribution in [1.82, 2.24) is 14.9 Å². The van der Waals surface area contributed by atoms with E-state index in [4.69, 9.17) is 21.1 Å². The molecule has 0 bridgehead atoms. The quantitative estimate of drug-likeness (QED) is 0.272. The molecule has 1 N–H and O–H groups in total. The lowest BCUT2D eigenvalue weighted by atomic mass is 9.94. The smallest absolute Gasteiger partial charge is 0.198 e. The Hall–Kier alpha value is -3.18. The van der Waals surface area contributed by atoms with Crippen molar-refractivity contribution in [2.24, 2.45) is 0 Å². The standard InChI is InChI=1S/C24H21ClN4O3/c1-31-18-13-28-23(25)20-19(18)17(12-27-20)21(30)22-24(32-22)29-9-7-15(8-10-29)16(11-26)14-5-3-2-4-6-14/h2-6,12-13,22,24,27H,7-10H2,1H3. The number of ether oxygens (including phenoxy) is 2. The molecule has 5 rings (SSSR count). The number of benzene rings is 1. The van der Waals surface area contributed by atoms with Crippen LogP contribution in [-0.2, 0) is 4.74 Å². The Bertz CT molecular complexity index is 1250. The van der Waals surface area contributed by atoms with Gasteiger partial charge in [0.1, 0.15) is 12.0 Å². The average molecular weight is 449 g/mol. The number of H-pyrrole nitrogens is 1. The highest BCUT2D eigenvalue weighted by Crippen LogP contribution is 2.38. The van der Waals surface area contributed by atoms with Crippen LogP contribution >= 0.6 is 11.6 Å². The van der Waals surface area contributed by atoms with Gasteiger partial charge in [-0.15, -0.1) is 0 Å². The maximum Gasteiger partial charge on any atom is 0.198 e. The Balaban J connectivity index is 1.30. The van der Waals surface area contributed by atoms with Gasteiger partial charge in [-0.2, -0.15) is 5.26 Å². The molecule has 162 valence electrons. The highest BCUT2D eigenvalue weighted by Gasteiger charge is 2.50. The van der Waals surface area contributed by atoms with E-state index in [1.807, 2.05) is 30.3 Å². The minimum absolute atomic E-state index is 0.106. The third-order valence-electron chi connectivity index (χ3n) is 6.13. The fraction of sp³-hybridized carbons (Fsp3) is 0.292. The molecule has 7 nitrogen and oxygen atoms in total. The van der Waals surface area contributed by atoms with Gasteiger partial charge in [0.05, 0.1) is 35.9 Å². The number of rotatable bonds is 5. The van der Waals surface area contributed by atoms with Gasteiger partial charge in [-0.25, -0.2) is 4.98 Å². The average Bonchev–Trinajstić information content (AvgIpc) is 3.51. The highest BCUT2D eigenvalue weighted by molar-refractivity contribution is 6.34. The first-order chi connectivity index (χ1) is 15.6. The molecular formula is C24H21ClN4O3. The Morgan fingerprint density at radius 1 is 1.31 bits per heavy atom. The monoisotopic (exact) mass is 448 g/mol. The number of Topliss-reactive ketones (excluding diaryl/α,β-unsaturated/α-hetero) is 1. The first-order valence-corrected chi connectivity index (χ1v) is 10.8. The van der Waals surface area contributed by atoms with Gasteiger partial charge >= 0.3 is 0 Å². The van der Waals surface area contributed by atoms with Gasteiger partial charge in [0.25, 0.3) is 0 Å². The summed E-state index contributed by atoms with van der Waals surface area (Å²) in [6.07, 6.45) is 3.93. The van der Waals surface area contributed by atoms with Crippen LogP contribution in [0.4, 0.5) is 0 Å². The molecule has 2 saturated heterocycles. The van der Waals surface area contributed by atoms with E-state index in [0.29, 0.717) is 22.2 Å². The number of carbonyl (C=O) groups excluding carboxylic acids is 1. The Kier molecular flexibility index (Phi) is 5.43. The number of hydrogen-bond acceptors (Lipinski definition) is 6. The van der Waals surface area contributed by atoms with Crippen LogP contribution in [0.25, 0.3) is 16.5 Å². The van der Waals surface area contributed by atoms with Gasteiger partial charge in [0.15, 0.2) is 17.0 Å². The number of halogens is 1. The summed E-state index contributed by atoms with van der Waals surface area (Å²) in [5.41, 5.74) is 3.93. The molecule has 0 saturated carbocycles. The number of piperidine rings is 1. The van der Waals surface area contributed by atoms with Gasteiger partial charge in [0, 0.05) is 24.8 Å². The number of aromatic nitrogens is 2. The first kappa shape index (κ1) is 20.7. The molecule has 0 spiro atoms. The molecule has 4 heterocycles. The second-order valence-electron chi connectivity index (χ2n) is 7.87. The number of nitrogens with zero attached hydrogens (tertiary/aromatic N) is 3. The van der Waals surface area contributed by atoms with E-state index in [1.165, 1.54) is 13.3 Å². The summed E-state index contributed by atoms with van der Waals surface area (Å²) in [6.45, 7) is 1.49. The van der Waals surface area contributed by atoms with Crippen molar-refractivity contribution in [2.45, 2.75) is 25.2 Å². The van der Waals surface area contributed by atoms with Gasteiger partial charge < -0.3 is 14.5 Å². The summed E-state index contributed by atoms with van der Waals surface area (Å²) < 4.78 is 11.2. The van der Waals surface area contributed by atoms with Crippen LogP contribution < -0.4 is 4.74 Å². The van der Waals surface area contributed by atoms with Gasteiger partial charge in [-0.3, -0.25) is 9.69 Å². The summed E-state index contributed by atoms with van der Waals surface area (Å²) in [5.74, 6) is 0.383. The Morgan fingerprint density at radius 2 is 2.06 bits per heavy atom. The van der Waals surface area contributed by atoms with E-state index in [0.717, 1.165) is 42.6 Å². The molecular weight excluding hydrogens is 428 g/mol. The number of carbonyl (C=O) groups is 1. The molecule has 2 unspecified atom stereocenters. The zero-order valence-corrected chi connectivity index (χ0v) is 18.2. The molecule has 1 aromatic carbocycles. The number of likely N-dealkylation sites (tertiary alicyclic amines) is 1. The second kappa shape index (κ2) is 8.40. The first-order valence-electron chi connectivity index (χ1n) is 10.4. The number of fused-ring (bicyclic) bond motifs is 1. The molecule has 2 atom stereocenters. The van der Waals surface area contributed by atoms with E-state index in [2.05, 4.69) is 20.9 Å². The third-order valence-corrected chi connectivity index (χ3v) is 6.42. The normalized spacial score (nSPS) is 20.7. The van der Waals surface area contributed by atoms with Crippen LogP contribution in [0.3, 0.4) is 0 Å². The summed E-state index contributed by atoms with van der Waals surface area (Å²) in [6, 6.07) is 12.1. The van der Waals surface area contributed by atoms with Crippen molar-refractivity contribution in [3.05, 3.63) is 64.6 Å². The van der Waals surface area contributed by atoms with Crippen molar-refractivity contribution >= 4 is 33.9 Å². The number of nitrogens with one attached hydrogen (secondary N) is 1. The summed E-state index contributed by atoms with van der Waals surface area (Å²) in [4.78, 5) is 22.5. The molecule has 32 heavy (non-hydrogen) atoms. The molecule has 0 amide bonds. The van der Waals surface area contributed by atoms with Gasteiger partial charge in [0.2, 0.25) is 0 Å². The van der Waals surface area contributed by atoms with E-state index in [1.54, 1.807) is 6.20 Å². The number of epoxide rings is 1. The van der Waals surface area contributed by atoms with Crippen molar-refractivity contribution in [3.8, 4) is 11.8 Å². The molecule has 2 aliphatic heterocycles. The molecule has 2 aromatic heterocycles. The van der Waals surface area contributed by atoms with Crippen molar-refractivity contribution in [2.75, 3.05) is 20.2 Å². The minimum Gasteiger partial charge on any atom is -0.494 e. The predicted molar refractivity (Wildman–Crippen MR) is 120 cm³/mol. The van der Waals surface area contributed by atoms with Gasteiger partial charge in [-0.05, 0) is 24.0 Å². The molecule has 0 radical (unpaired) electrons. The van der Waals surface area contributed by atoms with Crippen molar-refractivity contribution < 1.29 is 14.3 Å². The van der Waals surface area contributed by atoms with E-state index >= 15 is 0 Å². The number of allylic oxidation sites excluding steroid dienone is 1. The number of pyridine rings is 1. The number of hydrogen-bond donors (Lipinski definition) is 1. The molecule has 2 aliphatic rings. The molecule has 0 aliphatic carbocycles. The fourth-order valence-electron chi connectivity index (χ4n) is 4.41. The third kappa shape index (κ3) is 3.56. The number of nitriles is 1. The zero-order valence-electron chi connectivity index (χ0n) is 17.5. The largest absolute Gasteiger partial charge is 0.494 e. The van der Waals surface area contributed by atoms with E-state index < -0.39 is 6.10 Å². The van der Waals surface area contributed by atoms with Crippen LogP contribution in [0.1, 0.15) is 28.8 Å². The predicted octanol–water partition coefficient (Wildman–Crippen LogP) is 4.21. The van der Waals surface area contributed by atoms with E-state index in [-0.39, 0.29) is 17.2 Å². The molecule has 2 fully saturated rings. The minimum atomic E-state index is -0.527. The highest BCUT2D eigenvalue weighted by atomic mass is 35.5. The fourth-order valence-corrected chi connectivity index (χ4v) is 4.61. The summed E-state index contributed by atoms with van der Waals surface area (Å²) in [5, 5.41) is 10.6. The number of aromatic amines is 1. The van der Waals surface area contributed by atoms with Gasteiger partial charge in [-0.1, -0.05) is 41.9 Å². The van der Waals surface area contributed by atoms with Crippen LogP contribution in [-0.4, -0.2) is 53.2 Å². The van der Waals surface area contributed by atoms with Crippen molar-refractivity contribution in [3.63, 3.8) is 0 Å². The zero-order chi connectivity index (χ0) is 22.2. The maximum atomic E-state index is 13.2. The Labute approximate surface area is 190 Å². The van der Waals surface area contributed by atoms with Crippen LogP contribution in [0.2, 0.25) is 5.15 Å². The number of ketones is 1. The topological polar surface area (TPSA) is 94.5 Å². The summed E-state index contributed by atoms with van der Waals surface area (Å²) >= 11 is 6.17. The lowest BCUT2D eigenvalue weighted by molar-refractivity contribution is 0.0955. The molecule has 3 aromatic rings. The SMILES string of the molecule is COc1cnc(Cl)c2[nH]cc(C(=O)C3OC3N3CCC(=C(C#N)c4ccccc4)CC3)c12. The summed E-state index contributed by atoms with van der Waals surface area (Å²) in [7, 11) is 1.53. The number of methoxy groups -OCH3 is 1.